The van der Waals surface area contributed by atoms with Crippen LogP contribution in [0.25, 0.3) is 0 Å². The largest absolute Gasteiger partial charge is 0.462 e. The quantitative estimate of drug-likeness (QED) is 0.649. The number of aryl methyl sites for hydroxylation is 1. The molecule has 0 atom stereocenters. The topological polar surface area (TPSA) is 46.5 Å². The lowest BCUT2D eigenvalue weighted by Gasteiger charge is -2.09. The molecule has 0 spiro atoms. The number of alkyl halides is 1. The first-order valence-electron chi connectivity index (χ1n) is 5.68. The lowest BCUT2D eigenvalue weighted by Crippen LogP contribution is -2.09. The number of hydrogen-bond donors (Lipinski definition) is 1. The molecule has 0 aliphatic carbocycles. The number of rotatable bonds is 6. The highest BCUT2D eigenvalue weighted by Gasteiger charge is 2.12. The maximum Gasteiger partial charge on any atom is 0.338 e. The lowest BCUT2D eigenvalue weighted by atomic mass is 10.0. The first-order valence-corrected chi connectivity index (χ1v) is 6.80. The minimum atomic E-state index is -0.364. The fraction of sp³-hybridized carbons (Fsp3) is 0.462. The summed E-state index contributed by atoms with van der Waals surface area (Å²) in [6, 6.07) is 5.54. The van der Waals surface area contributed by atoms with E-state index in [0.717, 1.165) is 23.7 Å². The van der Waals surface area contributed by atoms with Crippen molar-refractivity contribution in [3.8, 4) is 0 Å². The molecule has 17 heavy (non-hydrogen) atoms. The maximum atomic E-state index is 11.7. The zero-order valence-corrected chi connectivity index (χ0v) is 11.5. The number of halogens is 1. The first kappa shape index (κ1) is 14.2. The predicted octanol–water partition coefficient (Wildman–Crippen LogP) is 2.68. The minimum Gasteiger partial charge on any atom is -0.462 e. The molecule has 0 unspecified atom stereocenters. The molecule has 1 aromatic carbocycles. The summed E-state index contributed by atoms with van der Waals surface area (Å²) in [7, 11) is 0. The van der Waals surface area contributed by atoms with Crippen LogP contribution in [-0.2, 0) is 17.8 Å². The van der Waals surface area contributed by atoms with Gasteiger partial charge in [0.15, 0.2) is 0 Å². The molecule has 0 aliphatic rings. The molecule has 0 saturated heterocycles. The van der Waals surface area contributed by atoms with Crippen molar-refractivity contribution in [3.63, 3.8) is 0 Å². The zero-order chi connectivity index (χ0) is 12.7. The third kappa shape index (κ3) is 4.13. The molecule has 1 rings (SSSR count). The molecular weight excluding hydrogens is 284 g/mol. The van der Waals surface area contributed by atoms with Gasteiger partial charge in [0.1, 0.15) is 0 Å². The van der Waals surface area contributed by atoms with E-state index < -0.39 is 0 Å². The Kier molecular flexibility index (Phi) is 6.22. The number of aliphatic hydroxyl groups excluding tert-OH is 1. The summed E-state index contributed by atoms with van der Waals surface area (Å²) in [4.78, 5) is 11.7. The third-order valence-electron chi connectivity index (χ3n) is 2.44. The van der Waals surface area contributed by atoms with Crippen LogP contribution in [0.5, 0.6) is 0 Å². The number of benzene rings is 1. The second-order valence-electron chi connectivity index (χ2n) is 3.66. The van der Waals surface area contributed by atoms with Crippen LogP contribution in [0.1, 0.15) is 34.8 Å². The molecule has 0 radical (unpaired) electrons. The van der Waals surface area contributed by atoms with Gasteiger partial charge in [-0.1, -0.05) is 28.1 Å². The lowest BCUT2D eigenvalue weighted by molar-refractivity contribution is 0.0522. The van der Waals surface area contributed by atoms with Gasteiger partial charge < -0.3 is 9.84 Å². The van der Waals surface area contributed by atoms with Gasteiger partial charge in [-0.05, 0) is 37.0 Å². The van der Waals surface area contributed by atoms with E-state index >= 15 is 0 Å². The van der Waals surface area contributed by atoms with Gasteiger partial charge in [0.25, 0.3) is 0 Å². The molecule has 4 heteroatoms. The van der Waals surface area contributed by atoms with Gasteiger partial charge >= 0.3 is 5.97 Å². The molecule has 0 heterocycles. The highest BCUT2D eigenvalue weighted by Crippen LogP contribution is 2.15. The Bertz CT molecular complexity index is 377. The molecule has 1 N–H and O–H groups in total. The molecule has 0 aliphatic heterocycles. The van der Waals surface area contributed by atoms with Crippen molar-refractivity contribution in [1.29, 1.82) is 0 Å². The van der Waals surface area contributed by atoms with Crippen molar-refractivity contribution >= 4 is 21.9 Å². The molecule has 1 aromatic rings. The van der Waals surface area contributed by atoms with Gasteiger partial charge in [-0.25, -0.2) is 4.79 Å². The number of carbonyl (C=O) groups is 1. The van der Waals surface area contributed by atoms with Gasteiger partial charge in [-0.3, -0.25) is 0 Å². The van der Waals surface area contributed by atoms with Gasteiger partial charge in [-0.15, -0.1) is 0 Å². The van der Waals surface area contributed by atoms with Crippen LogP contribution >= 0.6 is 15.9 Å². The molecule has 0 amide bonds. The van der Waals surface area contributed by atoms with E-state index in [0.29, 0.717) is 17.7 Å². The van der Waals surface area contributed by atoms with Crippen molar-refractivity contribution in [3.05, 3.63) is 34.9 Å². The summed E-state index contributed by atoms with van der Waals surface area (Å²) in [6.07, 6.45) is 1.92. The van der Waals surface area contributed by atoms with E-state index in [1.807, 2.05) is 12.1 Å². The fourth-order valence-corrected chi connectivity index (χ4v) is 1.87. The van der Waals surface area contributed by atoms with Crippen molar-refractivity contribution in [2.45, 2.75) is 26.4 Å². The van der Waals surface area contributed by atoms with E-state index in [4.69, 9.17) is 4.74 Å². The maximum absolute atomic E-state index is 11.7. The highest BCUT2D eigenvalue weighted by molar-refractivity contribution is 9.09. The van der Waals surface area contributed by atoms with Crippen molar-refractivity contribution in [2.75, 3.05) is 11.9 Å². The molecular formula is C13H17BrO3. The summed E-state index contributed by atoms with van der Waals surface area (Å²) in [5, 5.41) is 10.1. The Labute approximate surface area is 110 Å². The van der Waals surface area contributed by atoms with E-state index in [9.17, 15) is 9.90 Å². The van der Waals surface area contributed by atoms with E-state index in [1.54, 1.807) is 13.0 Å². The monoisotopic (exact) mass is 300 g/mol. The van der Waals surface area contributed by atoms with Gasteiger partial charge in [0.2, 0.25) is 0 Å². The summed E-state index contributed by atoms with van der Waals surface area (Å²) in [6.45, 7) is 1.97. The van der Waals surface area contributed by atoms with Crippen LogP contribution in [0, 0.1) is 0 Å². The first-order chi connectivity index (χ1) is 8.22. The van der Waals surface area contributed by atoms with Crippen LogP contribution in [0.15, 0.2) is 18.2 Å². The summed E-state index contributed by atoms with van der Waals surface area (Å²) < 4.78 is 4.97. The zero-order valence-electron chi connectivity index (χ0n) is 9.91. The molecule has 94 valence electrons. The fourth-order valence-electron chi connectivity index (χ4n) is 1.59. The number of esters is 1. The predicted molar refractivity (Wildman–Crippen MR) is 70.4 cm³/mol. The molecule has 0 aromatic heterocycles. The van der Waals surface area contributed by atoms with Gasteiger partial charge in [-0.2, -0.15) is 0 Å². The Morgan fingerprint density at radius 3 is 2.82 bits per heavy atom. The summed E-state index contributed by atoms with van der Waals surface area (Å²) in [5.74, 6) is -0.364. The van der Waals surface area contributed by atoms with Gasteiger partial charge in [0.05, 0.1) is 18.8 Å². The normalized spacial score (nSPS) is 10.3. The molecule has 0 bridgehead atoms. The smallest absolute Gasteiger partial charge is 0.338 e. The Balaban J connectivity index is 2.93. The van der Waals surface area contributed by atoms with Crippen LogP contribution in [0.4, 0.5) is 0 Å². The second kappa shape index (κ2) is 7.45. The number of ether oxygens (including phenoxy) is 1. The third-order valence-corrected chi connectivity index (χ3v) is 3.00. The minimum absolute atomic E-state index is 0.146. The number of hydrogen-bond acceptors (Lipinski definition) is 3. The Morgan fingerprint density at radius 2 is 2.24 bits per heavy atom. The Morgan fingerprint density at radius 1 is 1.47 bits per heavy atom. The van der Waals surface area contributed by atoms with E-state index in [2.05, 4.69) is 15.9 Å². The number of carbonyl (C=O) groups excluding carboxylic acids is 1. The summed E-state index contributed by atoms with van der Waals surface area (Å²) >= 11 is 3.38. The molecule has 3 nitrogen and oxygen atoms in total. The van der Waals surface area contributed by atoms with Crippen molar-refractivity contribution in [1.82, 2.24) is 0 Å². The van der Waals surface area contributed by atoms with Crippen LogP contribution in [-0.4, -0.2) is 23.0 Å². The Hall–Kier alpha value is -0.870. The molecule has 0 fully saturated rings. The summed E-state index contributed by atoms with van der Waals surface area (Å²) in [5.41, 5.74) is 2.18. The standard InChI is InChI=1S/C13H17BrO3/c1-2-17-13(16)12-8-10(4-3-7-14)5-6-11(12)9-15/h5-6,8,15H,2-4,7,9H2,1H3. The highest BCUT2D eigenvalue weighted by atomic mass is 79.9. The van der Waals surface area contributed by atoms with Crippen LogP contribution < -0.4 is 0 Å². The van der Waals surface area contributed by atoms with Crippen LogP contribution in [0.2, 0.25) is 0 Å². The van der Waals surface area contributed by atoms with E-state index in [-0.39, 0.29) is 12.6 Å². The van der Waals surface area contributed by atoms with Crippen molar-refractivity contribution in [2.24, 2.45) is 0 Å². The van der Waals surface area contributed by atoms with Crippen molar-refractivity contribution < 1.29 is 14.6 Å². The average Bonchev–Trinajstić information content (AvgIpc) is 2.36. The number of aliphatic hydroxyl groups is 1. The SMILES string of the molecule is CCOC(=O)c1cc(CCCBr)ccc1CO. The average molecular weight is 301 g/mol. The van der Waals surface area contributed by atoms with E-state index in [1.165, 1.54) is 0 Å². The van der Waals surface area contributed by atoms with Gasteiger partial charge in [0, 0.05) is 5.33 Å². The second-order valence-corrected chi connectivity index (χ2v) is 4.46. The molecule has 0 saturated carbocycles. The van der Waals surface area contributed by atoms with Crippen LogP contribution in [0.3, 0.4) is 0 Å².